The van der Waals surface area contributed by atoms with Crippen LogP contribution in [0.1, 0.15) is 0 Å². The molecule has 136 valence electrons. The third-order valence-corrected chi connectivity index (χ3v) is 4.87. The quantitative estimate of drug-likeness (QED) is 0.578. The first-order valence-electron chi connectivity index (χ1n) is 7.49. The normalized spacial score (nSPS) is 10.8. The molecule has 2 aromatic carbocycles. The second-order valence-electron chi connectivity index (χ2n) is 5.23. The Morgan fingerprint density at radius 1 is 1.19 bits per heavy atom. The number of thioether (sulfide) groups is 1. The zero-order valence-electron chi connectivity index (χ0n) is 13.9. The molecule has 0 unspecified atom stereocenters. The molecule has 1 amide bonds. The summed E-state index contributed by atoms with van der Waals surface area (Å²) in [6.45, 7) is 0. The maximum Gasteiger partial charge on any atom is 0.234 e. The molecule has 0 atom stereocenters. The number of fused-ring (bicyclic) bond motifs is 1. The maximum absolute atomic E-state index is 12.2. The number of imidazole rings is 1. The monoisotopic (exact) mass is 411 g/mol. The largest absolute Gasteiger partial charge is 0.493 e. The summed E-state index contributed by atoms with van der Waals surface area (Å²) in [6, 6.07) is 8.54. The van der Waals surface area contributed by atoms with Crippen molar-refractivity contribution in [3.63, 3.8) is 0 Å². The van der Waals surface area contributed by atoms with Crippen molar-refractivity contribution in [1.29, 1.82) is 0 Å². The summed E-state index contributed by atoms with van der Waals surface area (Å²) in [4.78, 5) is 19.7. The highest BCUT2D eigenvalue weighted by molar-refractivity contribution is 7.99. The van der Waals surface area contributed by atoms with Crippen LogP contribution in [0.25, 0.3) is 11.0 Å². The molecule has 9 heteroatoms. The van der Waals surface area contributed by atoms with Crippen molar-refractivity contribution >= 4 is 57.6 Å². The summed E-state index contributed by atoms with van der Waals surface area (Å²) in [6.07, 6.45) is 0. The van der Waals surface area contributed by atoms with Gasteiger partial charge in [0.15, 0.2) is 16.7 Å². The number of halogens is 2. The molecule has 6 nitrogen and oxygen atoms in total. The number of hydrogen-bond donors (Lipinski definition) is 2. The van der Waals surface area contributed by atoms with E-state index in [1.54, 1.807) is 37.4 Å². The number of aromatic nitrogens is 2. The molecule has 0 spiro atoms. The second-order valence-corrected chi connectivity index (χ2v) is 7.04. The minimum Gasteiger partial charge on any atom is -0.493 e. The van der Waals surface area contributed by atoms with Gasteiger partial charge in [0, 0.05) is 16.8 Å². The van der Waals surface area contributed by atoms with Gasteiger partial charge in [0.1, 0.15) is 5.52 Å². The van der Waals surface area contributed by atoms with E-state index in [-0.39, 0.29) is 11.7 Å². The van der Waals surface area contributed by atoms with Crippen LogP contribution in [-0.2, 0) is 4.79 Å². The van der Waals surface area contributed by atoms with Gasteiger partial charge in [-0.05, 0) is 24.3 Å². The first-order chi connectivity index (χ1) is 12.5. The number of hydrogen-bond acceptors (Lipinski definition) is 5. The molecule has 0 fully saturated rings. The molecule has 0 aliphatic rings. The summed E-state index contributed by atoms with van der Waals surface area (Å²) < 4.78 is 10.4. The Morgan fingerprint density at radius 3 is 2.69 bits per heavy atom. The molecule has 0 saturated heterocycles. The minimum absolute atomic E-state index is 0.174. The Hall–Kier alpha value is -2.09. The zero-order valence-corrected chi connectivity index (χ0v) is 16.3. The van der Waals surface area contributed by atoms with E-state index in [1.165, 1.54) is 18.9 Å². The maximum atomic E-state index is 12.2. The van der Waals surface area contributed by atoms with Crippen LogP contribution in [0, 0.1) is 0 Å². The number of H-pyrrole nitrogens is 1. The van der Waals surface area contributed by atoms with Gasteiger partial charge in [0.2, 0.25) is 5.91 Å². The Morgan fingerprint density at radius 2 is 1.96 bits per heavy atom. The van der Waals surface area contributed by atoms with Gasteiger partial charge in [-0.2, -0.15) is 0 Å². The molecule has 1 aromatic heterocycles. The lowest BCUT2D eigenvalue weighted by atomic mass is 10.2. The van der Waals surface area contributed by atoms with Crippen molar-refractivity contribution in [3.05, 3.63) is 40.4 Å². The third kappa shape index (κ3) is 4.17. The lowest BCUT2D eigenvalue weighted by Crippen LogP contribution is -2.14. The summed E-state index contributed by atoms with van der Waals surface area (Å²) >= 11 is 13.4. The Balaban J connectivity index is 1.65. The SMILES string of the molecule is COc1ccc(NC(=O)CSc2nc3c(Cl)cc(Cl)cc3[nH]2)cc1OC. The van der Waals surface area contributed by atoms with E-state index in [9.17, 15) is 4.79 Å². The molecule has 26 heavy (non-hydrogen) atoms. The van der Waals surface area contributed by atoms with Gasteiger partial charge >= 0.3 is 0 Å². The van der Waals surface area contributed by atoms with Crippen molar-refractivity contribution in [1.82, 2.24) is 9.97 Å². The summed E-state index contributed by atoms with van der Waals surface area (Å²) in [7, 11) is 3.10. The topological polar surface area (TPSA) is 76.2 Å². The molecular weight excluding hydrogens is 397 g/mol. The lowest BCUT2D eigenvalue weighted by molar-refractivity contribution is -0.113. The van der Waals surface area contributed by atoms with E-state index in [1.807, 2.05) is 0 Å². The van der Waals surface area contributed by atoms with Gasteiger partial charge in [0.25, 0.3) is 0 Å². The number of amides is 1. The number of nitrogens with zero attached hydrogens (tertiary/aromatic N) is 1. The van der Waals surface area contributed by atoms with E-state index < -0.39 is 0 Å². The highest BCUT2D eigenvalue weighted by Gasteiger charge is 2.11. The molecule has 0 saturated carbocycles. The number of ether oxygens (including phenoxy) is 2. The van der Waals surface area contributed by atoms with Gasteiger partial charge in [0.05, 0.1) is 30.5 Å². The first kappa shape index (κ1) is 18.7. The van der Waals surface area contributed by atoms with E-state index in [0.29, 0.717) is 37.9 Å². The molecule has 0 bridgehead atoms. The Labute approximate surface area is 164 Å². The number of anilines is 1. The second kappa shape index (κ2) is 8.07. The summed E-state index contributed by atoms with van der Waals surface area (Å²) in [5.41, 5.74) is 1.97. The van der Waals surface area contributed by atoms with Crippen LogP contribution in [0.2, 0.25) is 10.0 Å². The van der Waals surface area contributed by atoms with E-state index >= 15 is 0 Å². The van der Waals surface area contributed by atoms with Gasteiger partial charge in [-0.25, -0.2) is 4.98 Å². The van der Waals surface area contributed by atoms with Crippen molar-refractivity contribution in [2.24, 2.45) is 0 Å². The predicted octanol–water partition coefficient (Wildman–Crippen LogP) is 4.62. The molecule has 3 aromatic rings. The summed E-state index contributed by atoms with van der Waals surface area (Å²) in [5.74, 6) is 1.14. The van der Waals surface area contributed by atoms with Crippen LogP contribution in [0.5, 0.6) is 11.5 Å². The molecule has 2 N–H and O–H groups in total. The standard InChI is InChI=1S/C17H15Cl2N3O3S/c1-24-13-4-3-10(7-14(13)25-2)20-15(23)8-26-17-21-12-6-9(18)5-11(19)16(12)22-17/h3-7H,8H2,1-2H3,(H,20,23)(H,21,22). The van der Waals surface area contributed by atoms with Crippen molar-refractivity contribution in [2.45, 2.75) is 5.16 Å². The van der Waals surface area contributed by atoms with Crippen LogP contribution < -0.4 is 14.8 Å². The fourth-order valence-corrected chi connectivity index (χ4v) is 3.55. The number of benzene rings is 2. The molecule has 1 heterocycles. The highest BCUT2D eigenvalue weighted by Crippen LogP contribution is 2.30. The lowest BCUT2D eigenvalue weighted by Gasteiger charge is -2.10. The molecular formula is C17H15Cl2N3O3S. The van der Waals surface area contributed by atoms with Gasteiger partial charge in [-0.1, -0.05) is 35.0 Å². The van der Waals surface area contributed by atoms with Crippen LogP contribution in [0.3, 0.4) is 0 Å². The summed E-state index contributed by atoms with van der Waals surface area (Å²) in [5, 5.41) is 4.38. The highest BCUT2D eigenvalue weighted by atomic mass is 35.5. The first-order valence-corrected chi connectivity index (χ1v) is 9.23. The van der Waals surface area contributed by atoms with Gasteiger partial charge in [-0.3, -0.25) is 4.79 Å². The number of nitrogens with one attached hydrogen (secondary N) is 2. The molecule has 3 rings (SSSR count). The number of carbonyl (C=O) groups is 1. The average Bonchev–Trinajstić information content (AvgIpc) is 3.03. The number of methoxy groups -OCH3 is 2. The van der Waals surface area contributed by atoms with E-state index in [4.69, 9.17) is 32.7 Å². The minimum atomic E-state index is -0.174. The Kier molecular flexibility index (Phi) is 5.80. The molecule has 0 radical (unpaired) electrons. The average molecular weight is 412 g/mol. The van der Waals surface area contributed by atoms with Crippen LogP contribution in [-0.4, -0.2) is 35.8 Å². The van der Waals surface area contributed by atoms with Crippen molar-refractivity contribution in [3.8, 4) is 11.5 Å². The number of aromatic amines is 1. The molecule has 0 aliphatic carbocycles. The van der Waals surface area contributed by atoms with Crippen LogP contribution >= 0.6 is 35.0 Å². The van der Waals surface area contributed by atoms with Gasteiger partial charge in [-0.15, -0.1) is 0 Å². The van der Waals surface area contributed by atoms with Crippen LogP contribution in [0.4, 0.5) is 5.69 Å². The van der Waals surface area contributed by atoms with Crippen molar-refractivity contribution in [2.75, 3.05) is 25.3 Å². The fraction of sp³-hybridized carbons (Fsp3) is 0.176. The van der Waals surface area contributed by atoms with Crippen LogP contribution in [0.15, 0.2) is 35.5 Å². The van der Waals surface area contributed by atoms with E-state index in [0.717, 1.165) is 5.52 Å². The van der Waals surface area contributed by atoms with Gasteiger partial charge < -0.3 is 19.8 Å². The zero-order chi connectivity index (χ0) is 18.7. The van der Waals surface area contributed by atoms with E-state index in [2.05, 4.69) is 15.3 Å². The smallest absolute Gasteiger partial charge is 0.234 e. The Bertz CT molecular complexity index is 962. The number of carbonyl (C=O) groups excluding carboxylic acids is 1. The molecule has 0 aliphatic heterocycles. The predicted molar refractivity (Wildman–Crippen MR) is 105 cm³/mol. The number of rotatable bonds is 6. The third-order valence-electron chi connectivity index (χ3n) is 3.49. The van der Waals surface area contributed by atoms with Crippen molar-refractivity contribution < 1.29 is 14.3 Å². The fourth-order valence-electron chi connectivity index (χ4n) is 2.33.